The number of hydrogen-bond donors (Lipinski definition) is 1. The molecule has 2 heteroatoms. The highest BCUT2D eigenvalue weighted by Crippen LogP contribution is 1.64. The fourth-order valence-corrected chi connectivity index (χ4v) is 0.203. The summed E-state index contributed by atoms with van der Waals surface area (Å²) in [6, 6.07) is 0. The molecule has 1 amide bonds. The normalized spacial score (nSPS) is 6.71. The second-order valence-electron chi connectivity index (χ2n) is 1.03. The molecule has 0 saturated heterocycles. The predicted octanol–water partition coefficient (Wildman–Crippen LogP) is -0.244. The number of hydrogen-bond acceptors (Lipinski definition) is 1. The zero-order valence-electron chi connectivity index (χ0n) is 3.98. The van der Waals surface area contributed by atoms with Gasteiger partial charge in [0.15, 0.2) is 0 Å². The van der Waals surface area contributed by atoms with Crippen molar-refractivity contribution in [3.05, 3.63) is 0 Å². The molecule has 0 heterocycles. The molecule has 0 atom stereocenters. The molecule has 0 radical (unpaired) electrons. The van der Waals surface area contributed by atoms with E-state index in [1.165, 1.54) is 0 Å². The van der Waals surface area contributed by atoms with Crippen molar-refractivity contribution in [1.82, 2.24) is 5.32 Å². The highest BCUT2D eigenvalue weighted by Gasteiger charge is 1.72. The SMILES string of the molecule is C#CCCNC=O. The maximum atomic E-state index is 9.50. The van der Waals surface area contributed by atoms with Crippen LogP contribution >= 0.6 is 0 Å². The van der Waals surface area contributed by atoms with Crippen molar-refractivity contribution in [2.45, 2.75) is 6.42 Å². The van der Waals surface area contributed by atoms with E-state index in [1.54, 1.807) is 0 Å². The number of nitrogens with one attached hydrogen (secondary N) is 1. The summed E-state index contributed by atoms with van der Waals surface area (Å²) >= 11 is 0. The summed E-state index contributed by atoms with van der Waals surface area (Å²) < 4.78 is 0. The first-order valence-electron chi connectivity index (χ1n) is 2.02. The van der Waals surface area contributed by atoms with Crippen LogP contribution in [0.4, 0.5) is 0 Å². The summed E-state index contributed by atoms with van der Waals surface area (Å²) in [4.78, 5) is 9.50. The Bertz CT molecular complexity index is 82.6. The lowest BCUT2D eigenvalue weighted by Gasteiger charge is -1.86. The third kappa shape index (κ3) is 5.03. The molecule has 0 unspecified atom stereocenters. The van der Waals surface area contributed by atoms with Gasteiger partial charge in [0.2, 0.25) is 6.41 Å². The fourth-order valence-electron chi connectivity index (χ4n) is 0.203. The Hall–Kier alpha value is -0.970. The predicted molar refractivity (Wildman–Crippen MR) is 27.5 cm³/mol. The van der Waals surface area contributed by atoms with Gasteiger partial charge in [-0.15, -0.1) is 12.3 Å². The van der Waals surface area contributed by atoms with Crippen molar-refractivity contribution in [2.75, 3.05) is 6.54 Å². The van der Waals surface area contributed by atoms with E-state index in [0.29, 0.717) is 19.4 Å². The third-order valence-corrected chi connectivity index (χ3v) is 0.497. The third-order valence-electron chi connectivity index (χ3n) is 0.497. The number of carbonyl (C=O) groups is 1. The molecule has 0 aromatic rings. The van der Waals surface area contributed by atoms with E-state index < -0.39 is 0 Å². The monoisotopic (exact) mass is 97.1 g/mol. The standard InChI is InChI=1S/C5H7NO/c1-2-3-4-6-5-7/h1,5H,3-4H2,(H,6,7). The van der Waals surface area contributed by atoms with Gasteiger partial charge in [-0.2, -0.15) is 0 Å². The van der Waals surface area contributed by atoms with Gasteiger partial charge in [-0.05, 0) is 0 Å². The number of amides is 1. The van der Waals surface area contributed by atoms with Crippen LogP contribution in [0.1, 0.15) is 6.42 Å². The molecule has 0 aliphatic rings. The van der Waals surface area contributed by atoms with E-state index in [4.69, 9.17) is 6.42 Å². The molecule has 0 spiro atoms. The Balaban J connectivity index is 2.72. The van der Waals surface area contributed by atoms with Crippen molar-refractivity contribution >= 4 is 6.41 Å². The first-order chi connectivity index (χ1) is 3.41. The quantitative estimate of drug-likeness (QED) is 0.294. The molecular weight excluding hydrogens is 90.1 g/mol. The summed E-state index contributed by atoms with van der Waals surface area (Å²) in [6.07, 6.45) is 6.11. The van der Waals surface area contributed by atoms with Crippen LogP contribution in [-0.4, -0.2) is 13.0 Å². The van der Waals surface area contributed by atoms with Crippen LogP contribution in [0.3, 0.4) is 0 Å². The van der Waals surface area contributed by atoms with E-state index in [0.717, 1.165) is 0 Å². The van der Waals surface area contributed by atoms with Gasteiger partial charge in [0.05, 0.1) is 0 Å². The lowest BCUT2D eigenvalue weighted by atomic mass is 10.4. The first-order valence-corrected chi connectivity index (χ1v) is 2.02. The molecule has 2 nitrogen and oxygen atoms in total. The fraction of sp³-hybridized carbons (Fsp3) is 0.400. The summed E-state index contributed by atoms with van der Waals surface area (Å²) in [5.74, 6) is 2.38. The van der Waals surface area contributed by atoms with Crippen molar-refractivity contribution < 1.29 is 4.79 Å². The van der Waals surface area contributed by atoms with Gasteiger partial charge in [0.1, 0.15) is 0 Å². The summed E-state index contributed by atoms with van der Waals surface area (Å²) in [5, 5.41) is 2.43. The molecule has 0 fully saturated rings. The number of rotatable bonds is 3. The van der Waals surface area contributed by atoms with E-state index >= 15 is 0 Å². The average molecular weight is 97.1 g/mol. The Kier molecular flexibility index (Phi) is 4.33. The maximum Gasteiger partial charge on any atom is 0.207 e. The lowest BCUT2D eigenvalue weighted by Crippen LogP contribution is -2.10. The van der Waals surface area contributed by atoms with Crippen LogP contribution in [0.15, 0.2) is 0 Å². The minimum Gasteiger partial charge on any atom is -0.358 e. The molecule has 0 rings (SSSR count). The van der Waals surface area contributed by atoms with Crippen LogP contribution in [0.5, 0.6) is 0 Å². The van der Waals surface area contributed by atoms with Crippen molar-refractivity contribution in [3.8, 4) is 12.3 Å². The second-order valence-corrected chi connectivity index (χ2v) is 1.03. The molecule has 38 valence electrons. The molecule has 0 aliphatic heterocycles. The number of terminal acetylenes is 1. The molecule has 0 bridgehead atoms. The molecule has 1 N–H and O–H groups in total. The Labute approximate surface area is 42.9 Å². The Morgan fingerprint density at radius 3 is 3.00 bits per heavy atom. The highest BCUT2D eigenvalue weighted by atomic mass is 16.1. The largest absolute Gasteiger partial charge is 0.358 e. The molecule has 0 aromatic carbocycles. The van der Waals surface area contributed by atoms with Crippen LogP contribution in [-0.2, 0) is 4.79 Å². The molecule has 0 aliphatic carbocycles. The summed E-state index contributed by atoms with van der Waals surface area (Å²) in [6.45, 7) is 0.583. The van der Waals surface area contributed by atoms with Crippen molar-refractivity contribution in [3.63, 3.8) is 0 Å². The topological polar surface area (TPSA) is 29.1 Å². The van der Waals surface area contributed by atoms with E-state index in [-0.39, 0.29) is 0 Å². The maximum absolute atomic E-state index is 9.50. The summed E-state index contributed by atoms with van der Waals surface area (Å²) in [7, 11) is 0. The van der Waals surface area contributed by atoms with Gasteiger partial charge in [0, 0.05) is 13.0 Å². The summed E-state index contributed by atoms with van der Waals surface area (Å²) in [5.41, 5.74) is 0. The van der Waals surface area contributed by atoms with Crippen molar-refractivity contribution in [1.29, 1.82) is 0 Å². The zero-order valence-corrected chi connectivity index (χ0v) is 3.98. The minimum absolute atomic E-state index is 0.583. The van der Waals surface area contributed by atoms with Gasteiger partial charge in [0.25, 0.3) is 0 Å². The minimum atomic E-state index is 0.583. The van der Waals surface area contributed by atoms with Crippen LogP contribution in [0.2, 0.25) is 0 Å². The lowest BCUT2D eigenvalue weighted by molar-refractivity contribution is -0.109. The molecular formula is C5H7NO. The first kappa shape index (κ1) is 6.03. The van der Waals surface area contributed by atoms with Crippen molar-refractivity contribution in [2.24, 2.45) is 0 Å². The highest BCUT2D eigenvalue weighted by molar-refractivity contribution is 5.45. The van der Waals surface area contributed by atoms with E-state index in [1.807, 2.05) is 0 Å². The molecule has 7 heavy (non-hydrogen) atoms. The van der Waals surface area contributed by atoms with Crippen LogP contribution in [0, 0.1) is 12.3 Å². The van der Waals surface area contributed by atoms with Crippen LogP contribution in [0.25, 0.3) is 0 Å². The van der Waals surface area contributed by atoms with Gasteiger partial charge in [-0.3, -0.25) is 4.79 Å². The van der Waals surface area contributed by atoms with Gasteiger partial charge >= 0.3 is 0 Å². The average Bonchev–Trinajstić information content (AvgIpc) is 1.69. The van der Waals surface area contributed by atoms with E-state index in [9.17, 15) is 4.79 Å². The smallest absolute Gasteiger partial charge is 0.207 e. The molecule has 0 aromatic heterocycles. The Morgan fingerprint density at radius 2 is 2.57 bits per heavy atom. The van der Waals surface area contributed by atoms with Gasteiger partial charge in [-0.1, -0.05) is 0 Å². The number of carbonyl (C=O) groups excluding carboxylic acids is 1. The zero-order chi connectivity index (χ0) is 5.54. The van der Waals surface area contributed by atoms with Gasteiger partial charge in [-0.25, -0.2) is 0 Å². The Morgan fingerprint density at radius 1 is 1.86 bits per heavy atom. The van der Waals surface area contributed by atoms with Gasteiger partial charge < -0.3 is 5.32 Å². The second kappa shape index (κ2) is 5.03. The molecule has 0 saturated carbocycles. The van der Waals surface area contributed by atoms with E-state index in [2.05, 4.69) is 11.2 Å². The van der Waals surface area contributed by atoms with Crippen LogP contribution < -0.4 is 5.32 Å².